The minimum atomic E-state index is -1.86. The van der Waals surface area contributed by atoms with Gasteiger partial charge in [0.25, 0.3) is 0 Å². The van der Waals surface area contributed by atoms with Crippen LogP contribution in [-0.4, -0.2) is 14.9 Å². The molecule has 0 saturated heterocycles. The van der Waals surface area contributed by atoms with Crippen LogP contribution in [0.15, 0.2) is 43.1 Å². The molecule has 0 N–H and O–H groups in total. The second-order valence-electron chi connectivity index (χ2n) is 4.27. The molecular weight excluding hydrogens is 390 g/mol. The Morgan fingerprint density at radius 2 is 1.36 bits per heavy atom. The molecule has 2 rings (SSSR count). The predicted octanol–water partition coefficient (Wildman–Crippen LogP) is 0.810. The van der Waals surface area contributed by atoms with Crippen LogP contribution in [0.2, 0.25) is 0 Å². The van der Waals surface area contributed by atoms with Gasteiger partial charge in [-0.25, -0.2) is 0 Å². The van der Waals surface area contributed by atoms with Crippen molar-refractivity contribution in [2.45, 2.75) is 12.8 Å². The molecule has 0 fully saturated rings. The van der Waals surface area contributed by atoms with Crippen LogP contribution in [0, 0.1) is 0 Å². The van der Waals surface area contributed by atoms with E-state index in [0.29, 0.717) is 0 Å². The fourth-order valence-electron chi connectivity index (χ4n) is 2.03. The summed E-state index contributed by atoms with van der Waals surface area (Å²) in [6, 6.07) is 0. The van der Waals surface area contributed by atoms with E-state index in [4.69, 9.17) is 0 Å². The molecule has 0 atom stereocenters. The van der Waals surface area contributed by atoms with E-state index in [1.165, 1.54) is 27.7 Å². The van der Waals surface area contributed by atoms with Crippen LogP contribution < -0.4 is 0 Å². The Balaban J connectivity index is 0.000000980. The van der Waals surface area contributed by atoms with E-state index < -0.39 is 18.3 Å². The first-order chi connectivity index (χ1) is 6.21. The Kier molecular flexibility index (Phi) is 4.56. The normalized spacial score (nSPS) is 19.7. The number of halogens is 1. The van der Waals surface area contributed by atoms with Crippen molar-refractivity contribution >= 4 is 27.3 Å². The number of allylic oxidation sites excluding steroid dienone is 8. The maximum absolute atomic E-state index is 2.43. The Labute approximate surface area is 101 Å². The second kappa shape index (κ2) is 5.06. The van der Waals surface area contributed by atoms with E-state index >= 15 is 0 Å². The molecule has 2 aliphatic carbocycles. The number of hydrogen-bond acceptors (Lipinski definition) is 0. The molecule has 0 radical (unpaired) electrons. The van der Waals surface area contributed by atoms with Gasteiger partial charge in [-0.05, 0) is 0 Å². The van der Waals surface area contributed by atoms with Crippen molar-refractivity contribution in [2.75, 3.05) is 0 Å². The average molecular weight is 407 g/mol. The van der Waals surface area contributed by atoms with E-state index in [0.717, 1.165) is 0 Å². The van der Waals surface area contributed by atoms with Gasteiger partial charge in [0.05, 0.1) is 0 Å². The monoisotopic (exact) mass is 408 g/mol. The van der Waals surface area contributed by atoms with Crippen LogP contribution >= 0.6 is 12.4 Å². The zero-order valence-electron chi connectivity index (χ0n) is 8.79. The molecule has 0 heterocycles. The zero-order valence-corrected chi connectivity index (χ0v) is 17.2. The van der Waals surface area contributed by atoms with Crippen molar-refractivity contribution in [1.29, 1.82) is 0 Å². The molecule has 0 spiro atoms. The second-order valence-corrected chi connectivity index (χ2v) is 69.7. The molecule has 76 valence electrons. The van der Waals surface area contributed by atoms with Gasteiger partial charge in [-0.3, -0.25) is 0 Å². The topological polar surface area (TPSA) is 0 Å². The molecule has 14 heavy (non-hydrogen) atoms. The molecule has 0 saturated carbocycles. The molecular formula is C10H17ClHfSi2. The summed E-state index contributed by atoms with van der Waals surface area (Å²) < 4.78 is 3.78. The molecule has 0 bridgehead atoms. The van der Waals surface area contributed by atoms with Gasteiger partial charge in [-0.15, -0.1) is 12.4 Å². The Bertz CT molecular complexity index is 308. The van der Waals surface area contributed by atoms with Crippen LogP contribution in [0.1, 0.15) is 12.8 Å². The Morgan fingerprint density at radius 1 is 0.929 bits per heavy atom. The summed E-state index contributed by atoms with van der Waals surface area (Å²) in [6.45, 7) is 0. The summed E-state index contributed by atoms with van der Waals surface area (Å²) in [5.74, 6) is 0. The van der Waals surface area contributed by atoms with Gasteiger partial charge in [0.15, 0.2) is 0 Å². The van der Waals surface area contributed by atoms with E-state index in [-0.39, 0.29) is 12.4 Å². The molecule has 0 amide bonds. The van der Waals surface area contributed by atoms with E-state index in [1.807, 2.05) is 6.66 Å². The van der Waals surface area contributed by atoms with Crippen molar-refractivity contribution in [3.63, 3.8) is 0 Å². The molecule has 0 unspecified atom stereocenters. The first-order valence-corrected chi connectivity index (χ1v) is 32.1. The molecule has 2 aliphatic rings. The molecule has 0 aromatic carbocycles. The Hall–Kier alpha value is 0.554. The van der Waals surface area contributed by atoms with Crippen molar-refractivity contribution in [3.8, 4) is 0 Å². The first-order valence-electron chi connectivity index (χ1n) is 4.93. The molecule has 0 aromatic rings. The van der Waals surface area contributed by atoms with Gasteiger partial charge >= 0.3 is 89.1 Å². The SMILES string of the molecule is Cl.[SiH3][Hf]([SiH3])([C]1=CC=CC1)[C]1=CC=CC1. The summed E-state index contributed by atoms with van der Waals surface area (Å²) in [5.41, 5.74) is 0. The number of rotatable bonds is 2. The summed E-state index contributed by atoms with van der Waals surface area (Å²) in [7, 11) is 3.00. The fraction of sp³-hybridized carbons (Fsp3) is 0.200. The van der Waals surface area contributed by atoms with Crippen molar-refractivity contribution in [2.24, 2.45) is 0 Å². The quantitative estimate of drug-likeness (QED) is 0.595. The predicted molar refractivity (Wildman–Crippen MR) is 70.8 cm³/mol. The van der Waals surface area contributed by atoms with Gasteiger partial charge in [0.2, 0.25) is 0 Å². The summed E-state index contributed by atoms with van der Waals surface area (Å²) in [4.78, 5) is 0. The number of hydrogen-bond donors (Lipinski definition) is 0. The van der Waals surface area contributed by atoms with Crippen LogP contribution in [-0.2, 0) is 18.3 Å². The van der Waals surface area contributed by atoms with Gasteiger partial charge < -0.3 is 0 Å². The van der Waals surface area contributed by atoms with Gasteiger partial charge in [0.1, 0.15) is 0 Å². The van der Waals surface area contributed by atoms with E-state index in [2.05, 4.69) is 36.5 Å². The van der Waals surface area contributed by atoms with Gasteiger partial charge in [0, 0.05) is 0 Å². The third-order valence-corrected chi connectivity index (χ3v) is 38.4. The van der Waals surface area contributed by atoms with Crippen LogP contribution in [0.5, 0.6) is 0 Å². The standard InChI is InChI=1S/2C5H5.ClH.Hf.2H3Si/c2*1-2-4-5-3-1;;;;/h2*1-3H,4H2;1H;;2*1H3. The fourth-order valence-corrected chi connectivity index (χ4v) is 23.8. The van der Waals surface area contributed by atoms with Crippen molar-refractivity contribution in [3.05, 3.63) is 43.1 Å². The molecule has 4 heteroatoms. The average Bonchev–Trinajstić information content (AvgIpc) is 2.78. The van der Waals surface area contributed by atoms with Gasteiger partial charge in [-0.1, -0.05) is 0 Å². The minimum absolute atomic E-state index is 0. The van der Waals surface area contributed by atoms with Crippen LogP contribution in [0.25, 0.3) is 0 Å². The van der Waals surface area contributed by atoms with Crippen LogP contribution in [0.3, 0.4) is 0 Å². The van der Waals surface area contributed by atoms with E-state index in [9.17, 15) is 0 Å². The third kappa shape index (κ3) is 2.38. The van der Waals surface area contributed by atoms with Gasteiger partial charge in [-0.2, -0.15) is 0 Å². The summed E-state index contributed by atoms with van der Waals surface area (Å²) in [6.07, 6.45) is 16.7. The first kappa shape index (κ1) is 12.6. The van der Waals surface area contributed by atoms with Crippen molar-refractivity contribution < 1.29 is 18.3 Å². The Morgan fingerprint density at radius 3 is 1.64 bits per heavy atom. The van der Waals surface area contributed by atoms with Crippen LogP contribution in [0.4, 0.5) is 0 Å². The van der Waals surface area contributed by atoms with Crippen molar-refractivity contribution in [1.82, 2.24) is 0 Å². The molecule has 0 aliphatic heterocycles. The molecule has 0 aromatic heterocycles. The maximum atomic E-state index is 2.43. The summed E-state index contributed by atoms with van der Waals surface area (Å²) in [5, 5.41) is 0. The zero-order chi connectivity index (χ0) is 9.31. The van der Waals surface area contributed by atoms with E-state index in [1.54, 1.807) is 0 Å². The summed E-state index contributed by atoms with van der Waals surface area (Å²) >= 11 is -1.86. The molecule has 0 nitrogen and oxygen atoms in total. The third-order valence-electron chi connectivity index (χ3n) is 3.15.